The molecule has 0 aromatic carbocycles. The van der Waals surface area contributed by atoms with E-state index in [2.05, 4.69) is 20.8 Å². The molecule has 0 saturated carbocycles. The fourth-order valence-corrected chi connectivity index (χ4v) is 5.13. The average molecular weight is 509 g/mol. The van der Waals surface area contributed by atoms with Crippen molar-refractivity contribution in [3.8, 4) is 0 Å². The van der Waals surface area contributed by atoms with Gasteiger partial charge in [0.05, 0.1) is 0 Å². The van der Waals surface area contributed by atoms with Crippen molar-refractivity contribution < 1.29 is 19.4 Å². The molecule has 0 radical (unpaired) electrons. The predicted octanol–water partition coefficient (Wildman–Crippen LogP) is 10.3. The van der Waals surface area contributed by atoms with E-state index >= 15 is 0 Å². The van der Waals surface area contributed by atoms with Crippen LogP contribution in [0.2, 0.25) is 0 Å². The number of carboxylic acids is 1. The Morgan fingerprint density at radius 1 is 0.528 bits per heavy atom. The Labute approximate surface area is 224 Å². The molecule has 4 heteroatoms. The van der Waals surface area contributed by atoms with Crippen molar-refractivity contribution in [1.82, 2.24) is 0 Å². The lowest BCUT2D eigenvalue weighted by Gasteiger charge is -2.34. The van der Waals surface area contributed by atoms with E-state index in [0.29, 0.717) is 0 Å². The second-order valence-corrected chi connectivity index (χ2v) is 10.9. The van der Waals surface area contributed by atoms with Crippen LogP contribution in [0.25, 0.3) is 0 Å². The zero-order chi connectivity index (χ0) is 26.7. The fraction of sp³-hybridized carbons (Fsp3) is 0.875. The zero-order valence-corrected chi connectivity index (χ0v) is 24.3. The van der Waals surface area contributed by atoms with Crippen LogP contribution in [0.1, 0.15) is 175 Å². The first-order valence-electron chi connectivity index (χ1n) is 15.6. The van der Waals surface area contributed by atoms with Crippen LogP contribution < -0.4 is 0 Å². The molecule has 0 aliphatic heterocycles. The van der Waals surface area contributed by atoms with Crippen LogP contribution in [-0.4, -0.2) is 22.6 Å². The molecule has 0 spiro atoms. The Balaban J connectivity index is 4.99. The van der Waals surface area contributed by atoms with E-state index < -0.39 is 17.5 Å². The Kier molecular flexibility index (Phi) is 24.4. The fourth-order valence-electron chi connectivity index (χ4n) is 5.13. The van der Waals surface area contributed by atoms with E-state index in [1.807, 2.05) is 0 Å². The molecule has 0 aromatic heterocycles. The number of hydrogen-bond acceptors (Lipinski definition) is 3. The molecular weight excluding hydrogens is 448 g/mol. The molecule has 0 heterocycles. The highest BCUT2D eigenvalue weighted by atomic mass is 16.6. The third-order valence-electron chi connectivity index (χ3n) is 7.39. The Morgan fingerprint density at radius 2 is 0.833 bits per heavy atom. The highest BCUT2D eigenvalue weighted by molar-refractivity contribution is 5.90. The molecule has 0 fully saturated rings. The van der Waals surface area contributed by atoms with Gasteiger partial charge in [0.2, 0.25) is 0 Å². The maximum Gasteiger partial charge on any atom is 0.331 e. The summed E-state index contributed by atoms with van der Waals surface area (Å²) in [5.41, 5.74) is -0.448. The standard InChI is InChI=1S/C32H60O4/c1-4-7-10-13-16-17-18-21-24-29-32(27-22-19-14-11-8-5-2,28-23-20-15-12-9-6-3)36-31(35)26-25-30(33)34/h25-26H,4-24,27-29H2,1-3H3,(H,33,34)/b26-25+. The van der Waals surface area contributed by atoms with Gasteiger partial charge in [0.25, 0.3) is 0 Å². The third-order valence-corrected chi connectivity index (χ3v) is 7.39. The summed E-state index contributed by atoms with van der Waals surface area (Å²) in [6.45, 7) is 6.73. The van der Waals surface area contributed by atoms with Crippen LogP contribution >= 0.6 is 0 Å². The first-order chi connectivity index (χ1) is 17.5. The van der Waals surface area contributed by atoms with Crippen molar-refractivity contribution in [2.24, 2.45) is 0 Å². The van der Waals surface area contributed by atoms with Crippen molar-refractivity contribution in [2.75, 3.05) is 0 Å². The molecule has 1 N–H and O–H groups in total. The molecule has 4 nitrogen and oxygen atoms in total. The molecule has 36 heavy (non-hydrogen) atoms. The zero-order valence-electron chi connectivity index (χ0n) is 24.3. The summed E-state index contributed by atoms with van der Waals surface area (Å²) in [7, 11) is 0. The number of esters is 1. The van der Waals surface area contributed by atoms with E-state index in [1.54, 1.807) is 0 Å². The monoisotopic (exact) mass is 508 g/mol. The van der Waals surface area contributed by atoms with Gasteiger partial charge in [-0.1, -0.05) is 136 Å². The van der Waals surface area contributed by atoms with Crippen LogP contribution in [0.4, 0.5) is 0 Å². The molecule has 0 unspecified atom stereocenters. The second kappa shape index (κ2) is 25.3. The molecule has 0 bridgehead atoms. The summed E-state index contributed by atoms with van der Waals surface area (Å²) in [5, 5.41) is 8.95. The molecule has 0 aliphatic rings. The second-order valence-electron chi connectivity index (χ2n) is 10.9. The molecule has 0 saturated heterocycles. The summed E-state index contributed by atoms with van der Waals surface area (Å²) >= 11 is 0. The van der Waals surface area contributed by atoms with Crippen LogP contribution in [0.5, 0.6) is 0 Å². The molecule has 0 rings (SSSR count). The van der Waals surface area contributed by atoms with Gasteiger partial charge in [-0.3, -0.25) is 0 Å². The lowest BCUT2D eigenvalue weighted by atomic mass is 9.84. The number of hydrogen-bond donors (Lipinski definition) is 1. The van der Waals surface area contributed by atoms with Gasteiger partial charge in [-0.2, -0.15) is 0 Å². The summed E-state index contributed by atoms with van der Waals surface area (Å²) in [5.74, 6) is -1.60. The number of ether oxygens (including phenoxy) is 1. The van der Waals surface area contributed by atoms with Crippen LogP contribution in [0.15, 0.2) is 12.2 Å². The molecule has 0 atom stereocenters. The minimum Gasteiger partial charge on any atom is -0.478 e. The highest BCUT2D eigenvalue weighted by Crippen LogP contribution is 2.33. The molecule has 0 aliphatic carbocycles. The van der Waals surface area contributed by atoms with Crippen LogP contribution in [-0.2, 0) is 14.3 Å². The van der Waals surface area contributed by atoms with Gasteiger partial charge in [0.1, 0.15) is 5.60 Å². The van der Waals surface area contributed by atoms with E-state index in [1.165, 1.54) is 116 Å². The van der Waals surface area contributed by atoms with Gasteiger partial charge in [0.15, 0.2) is 0 Å². The Hall–Kier alpha value is -1.32. The smallest absolute Gasteiger partial charge is 0.331 e. The summed E-state index contributed by atoms with van der Waals surface area (Å²) < 4.78 is 6.13. The van der Waals surface area contributed by atoms with Crippen LogP contribution in [0.3, 0.4) is 0 Å². The predicted molar refractivity (Wildman–Crippen MR) is 153 cm³/mol. The maximum absolute atomic E-state index is 12.6. The number of carboxylic acid groups (broad SMARTS) is 1. The number of carbonyl (C=O) groups excluding carboxylic acids is 1. The number of carbonyl (C=O) groups is 2. The van der Waals surface area contributed by atoms with Crippen molar-refractivity contribution in [3.05, 3.63) is 12.2 Å². The quantitative estimate of drug-likeness (QED) is 0.0680. The normalized spacial score (nSPS) is 11.9. The average Bonchev–Trinajstić information content (AvgIpc) is 2.86. The highest BCUT2D eigenvalue weighted by Gasteiger charge is 2.32. The largest absolute Gasteiger partial charge is 0.478 e. The van der Waals surface area contributed by atoms with Gasteiger partial charge >= 0.3 is 11.9 Å². The van der Waals surface area contributed by atoms with Crippen molar-refractivity contribution >= 4 is 11.9 Å². The SMILES string of the molecule is CCCCCCCCCCCC(CCCCCCCC)(CCCCCCCC)OC(=O)/C=C/C(=O)O. The first-order valence-corrected chi connectivity index (χ1v) is 15.6. The number of rotatable bonds is 27. The lowest BCUT2D eigenvalue weighted by molar-refractivity contribution is -0.157. The topological polar surface area (TPSA) is 63.6 Å². The molecular formula is C32H60O4. The number of aliphatic carboxylic acids is 1. The van der Waals surface area contributed by atoms with Crippen molar-refractivity contribution in [3.63, 3.8) is 0 Å². The van der Waals surface area contributed by atoms with Gasteiger partial charge in [-0.25, -0.2) is 9.59 Å². The van der Waals surface area contributed by atoms with E-state index in [4.69, 9.17) is 9.84 Å². The molecule has 0 amide bonds. The van der Waals surface area contributed by atoms with Crippen molar-refractivity contribution in [2.45, 2.75) is 180 Å². The van der Waals surface area contributed by atoms with E-state index in [9.17, 15) is 9.59 Å². The minimum atomic E-state index is -1.11. The van der Waals surface area contributed by atoms with Crippen LogP contribution in [0, 0.1) is 0 Å². The van der Waals surface area contributed by atoms with Gasteiger partial charge < -0.3 is 9.84 Å². The van der Waals surface area contributed by atoms with Gasteiger partial charge in [-0.15, -0.1) is 0 Å². The third kappa shape index (κ3) is 21.9. The maximum atomic E-state index is 12.6. The number of unbranched alkanes of at least 4 members (excludes halogenated alkanes) is 18. The Morgan fingerprint density at radius 3 is 1.14 bits per heavy atom. The van der Waals surface area contributed by atoms with Crippen molar-refractivity contribution in [1.29, 1.82) is 0 Å². The van der Waals surface area contributed by atoms with Gasteiger partial charge in [-0.05, 0) is 38.5 Å². The minimum absolute atomic E-state index is 0.448. The summed E-state index contributed by atoms with van der Waals surface area (Å²) in [6, 6.07) is 0. The summed E-state index contributed by atoms with van der Waals surface area (Å²) in [4.78, 5) is 23.5. The van der Waals surface area contributed by atoms with E-state index in [-0.39, 0.29) is 0 Å². The lowest BCUT2D eigenvalue weighted by Crippen LogP contribution is -2.35. The molecule has 212 valence electrons. The molecule has 0 aromatic rings. The Bertz CT molecular complexity index is 524. The first kappa shape index (κ1) is 34.7. The van der Waals surface area contributed by atoms with Gasteiger partial charge in [0, 0.05) is 12.2 Å². The summed E-state index contributed by atoms with van der Waals surface area (Å²) in [6.07, 6.45) is 30.8. The van der Waals surface area contributed by atoms with E-state index in [0.717, 1.165) is 50.7 Å².